The average molecular weight is 342 g/mol. The van der Waals surface area contributed by atoms with E-state index in [-0.39, 0.29) is 18.7 Å². The number of nitrogens with zero attached hydrogens (tertiary/aromatic N) is 1. The number of amides is 3. The number of carbonyl (C=O) groups is 3. The van der Waals surface area contributed by atoms with Crippen molar-refractivity contribution < 1.29 is 32.6 Å². The summed E-state index contributed by atoms with van der Waals surface area (Å²) in [7, 11) is 1.21. The highest BCUT2D eigenvalue weighted by Gasteiger charge is 2.48. The van der Waals surface area contributed by atoms with E-state index in [9.17, 15) is 23.2 Å². The Kier molecular flexibility index (Phi) is 5.01. The van der Waals surface area contributed by atoms with E-state index in [0.29, 0.717) is 5.56 Å². The van der Waals surface area contributed by atoms with Crippen molar-refractivity contribution in [1.82, 2.24) is 10.2 Å². The Morgan fingerprint density at radius 1 is 1.29 bits per heavy atom. The van der Waals surface area contributed by atoms with Gasteiger partial charge in [-0.2, -0.15) is 8.78 Å². The molecule has 1 fully saturated rings. The molecule has 130 valence electrons. The molecule has 3 amide bonds. The summed E-state index contributed by atoms with van der Waals surface area (Å²) in [6, 6.07) is 4.76. The van der Waals surface area contributed by atoms with Crippen molar-refractivity contribution in [1.29, 1.82) is 0 Å². The Hall–Kier alpha value is -2.71. The van der Waals surface area contributed by atoms with Crippen LogP contribution in [0.2, 0.25) is 0 Å². The van der Waals surface area contributed by atoms with Crippen LogP contribution in [0.15, 0.2) is 24.3 Å². The van der Waals surface area contributed by atoms with Crippen molar-refractivity contribution >= 4 is 17.9 Å². The van der Waals surface area contributed by atoms with E-state index in [4.69, 9.17) is 0 Å². The number of urea groups is 1. The number of carbonyl (C=O) groups excluding carboxylic acids is 3. The molecule has 0 aromatic heterocycles. The van der Waals surface area contributed by atoms with Gasteiger partial charge in [-0.3, -0.25) is 14.5 Å². The SMILES string of the molecule is COC(=O)CCN1C(=O)N[C@](C)(c2ccc(OC(F)F)cc2)C1=O. The lowest BCUT2D eigenvalue weighted by atomic mass is 9.92. The summed E-state index contributed by atoms with van der Waals surface area (Å²) in [5, 5.41) is 2.54. The maximum Gasteiger partial charge on any atom is 0.387 e. The van der Waals surface area contributed by atoms with E-state index in [1.165, 1.54) is 38.3 Å². The van der Waals surface area contributed by atoms with E-state index in [1.807, 2.05) is 0 Å². The van der Waals surface area contributed by atoms with Crippen LogP contribution in [0, 0.1) is 0 Å². The second kappa shape index (κ2) is 6.81. The highest BCUT2D eigenvalue weighted by molar-refractivity contribution is 6.07. The quantitative estimate of drug-likeness (QED) is 0.627. The van der Waals surface area contributed by atoms with E-state index in [2.05, 4.69) is 14.8 Å². The van der Waals surface area contributed by atoms with Gasteiger partial charge in [0, 0.05) is 6.54 Å². The molecule has 0 saturated carbocycles. The van der Waals surface area contributed by atoms with E-state index in [0.717, 1.165) is 4.90 Å². The van der Waals surface area contributed by atoms with Gasteiger partial charge in [0.05, 0.1) is 13.5 Å². The van der Waals surface area contributed by atoms with Crippen LogP contribution in [0.1, 0.15) is 18.9 Å². The largest absolute Gasteiger partial charge is 0.469 e. The summed E-state index contributed by atoms with van der Waals surface area (Å²) in [6.07, 6.45) is -0.118. The summed E-state index contributed by atoms with van der Waals surface area (Å²) < 4.78 is 33.0. The van der Waals surface area contributed by atoms with Crippen molar-refractivity contribution in [3.05, 3.63) is 29.8 Å². The summed E-state index contributed by atoms with van der Waals surface area (Å²) in [5.41, 5.74) is -0.945. The topological polar surface area (TPSA) is 84.9 Å². The minimum Gasteiger partial charge on any atom is -0.469 e. The fraction of sp³-hybridized carbons (Fsp3) is 0.400. The number of esters is 1. The predicted octanol–water partition coefficient (Wildman–Crippen LogP) is 1.62. The average Bonchev–Trinajstić information content (AvgIpc) is 2.75. The van der Waals surface area contributed by atoms with Gasteiger partial charge in [0.25, 0.3) is 5.91 Å². The summed E-state index contributed by atoms with van der Waals surface area (Å²) in [4.78, 5) is 36.6. The van der Waals surface area contributed by atoms with Gasteiger partial charge in [0.15, 0.2) is 0 Å². The van der Waals surface area contributed by atoms with Crippen molar-refractivity contribution in [3.63, 3.8) is 0 Å². The van der Waals surface area contributed by atoms with Gasteiger partial charge in [-0.15, -0.1) is 0 Å². The van der Waals surface area contributed by atoms with Gasteiger partial charge in [0.2, 0.25) is 0 Å². The Labute approximate surface area is 136 Å². The van der Waals surface area contributed by atoms with Crippen LogP contribution in [0.4, 0.5) is 13.6 Å². The summed E-state index contributed by atoms with van der Waals surface area (Å²) in [5.74, 6) is -1.15. The van der Waals surface area contributed by atoms with Crippen LogP contribution in [0.5, 0.6) is 5.75 Å². The normalized spacial score (nSPS) is 20.3. The molecule has 0 aliphatic carbocycles. The first-order chi connectivity index (χ1) is 11.3. The van der Waals surface area contributed by atoms with Crippen LogP contribution in [0.25, 0.3) is 0 Å². The third-order valence-corrected chi connectivity index (χ3v) is 3.70. The second-order valence-electron chi connectivity index (χ2n) is 5.24. The zero-order valence-corrected chi connectivity index (χ0v) is 13.0. The Bertz CT molecular complexity index is 650. The summed E-state index contributed by atoms with van der Waals surface area (Å²) >= 11 is 0. The molecule has 0 spiro atoms. The smallest absolute Gasteiger partial charge is 0.387 e. The molecule has 1 aliphatic rings. The van der Waals surface area contributed by atoms with Crippen LogP contribution in [-0.4, -0.2) is 43.1 Å². The zero-order valence-electron chi connectivity index (χ0n) is 13.0. The molecule has 9 heteroatoms. The molecule has 2 rings (SSSR count). The van der Waals surface area contributed by atoms with E-state index in [1.54, 1.807) is 0 Å². The van der Waals surface area contributed by atoms with E-state index >= 15 is 0 Å². The number of hydrogen-bond donors (Lipinski definition) is 1. The lowest BCUT2D eigenvalue weighted by molar-refractivity contribution is -0.141. The molecule has 1 atom stereocenters. The van der Waals surface area contributed by atoms with Crippen molar-refractivity contribution in [2.24, 2.45) is 0 Å². The third kappa shape index (κ3) is 3.44. The molecule has 1 heterocycles. The molecular weight excluding hydrogens is 326 g/mol. The van der Waals surface area contributed by atoms with Gasteiger partial charge in [-0.25, -0.2) is 4.79 Å². The first-order valence-electron chi connectivity index (χ1n) is 7.04. The number of ether oxygens (including phenoxy) is 2. The number of rotatable bonds is 6. The van der Waals surface area contributed by atoms with Crippen LogP contribution in [0.3, 0.4) is 0 Å². The lowest BCUT2D eigenvalue weighted by Gasteiger charge is -2.22. The lowest BCUT2D eigenvalue weighted by Crippen LogP contribution is -2.41. The highest BCUT2D eigenvalue weighted by Crippen LogP contribution is 2.30. The number of methoxy groups -OCH3 is 1. The fourth-order valence-corrected chi connectivity index (χ4v) is 2.37. The zero-order chi connectivity index (χ0) is 17.9. The maximum absolute atomic E-state index is 12.5. The maximum atomic E-state index is 12.5. The van der Waals surface area contributed by atoms with Gasteiger partial charge >= 0.3 is 18.6 Å². The monoisotopic (exact) mass is 342 g/mol. The highest BCUT2D eigenvalue weighted by atomic mass is 19.3. The van der Waals surface area contributed by atoms with Crippen LogP contribution < -0.4 is 10.1 Å². The van der Waals surface area contributed by atoms with E-state index < -0.39 is 30.1 Å². The van der Waals surface area contributed by atoms with Crippen LogP contribution in [-0.2, 0) is 19.9 Å². The predicted molar refractivity (Wildman–Crippen MR) is 77.3 cm³/mol. The standard InChI is InChI=1S/C15H16F2N2O5/c1-15(9-3-5-10(6-4-9)24-13(16)17)12(21)19(14(22)18-15)8-7-11(20)23-2/h3-6,13H,7-8H2,1-2H3,(H,18,22)/t15-/m1/s1. The number of imide groups is 1. The summed E-state index contributed by atoms with van der Waals surface area (Å²) in [6.45, 7) is -1.57. The Balaban J connectivity index is 2.16. The van der Waals surface area contributed by atoms with Gasteiger partial charge < -0.3 is 14.8 Å². The van der Waals surface area contributed by atoms with Crippen molar-refractivity contribution in [3.8, 4) is 5.75 Å². The van der Waals surface area contributed by atoms with Gasteiger partial charge in [0.1, 0.15) is 11.3 Å². The minimum atomic E-state index is -2.95. The number of hydrogen-bond acceptors (Lipinski definition) is 5. The molecule has 1 saturated heterocycles. The number of benzene rings is 1. The second-order valence-corrected chi connectivity index (χ2v) is 5.24. The minimum absolute atomic E-state index is 0.0586. The Morgan fingerprint density at radius 3 is 2.46 bits per heavy atom. The molecule has 1 aromatic rings. The van der Waals surface area contributed by atoms with Crippen molar-refractivity contribution in [2.45, 2.75) is 25.5 Å². The van der Waals surface area contributed by atoms with Crippen LogP contribution >= 0.6 is 0 Å². The molecule has 0 bridgehead atoms. The molecular formula is C15H16F2N2O5. The first kappa shape index (κ1) is 17.6. The molecule has 1 aromatic carbocycles. The molecule has 0 radical (unpaired) electrons. The first-order valence-corrected chi connectivity index (χ1v) is 7.04. The van der Waals surface area contributed by atoms with Crippen molar-refractivity contribution in [2.75, 3.05) is 13.7 Å². The number of nitrogens with one attached hydrogen (secondary N) is 1. The molecule has 7 nitrogen and oxygen atoms in total. The number of halogens is 2. The van der Waals surface area contributed by atoms with Gasteiger partial charge in [-0.1, -0.05) is 12.1 Å². The molecule has 1 N–H and O–H groups in total. The van der Waals surface area contributed by atoms with Gasteiger partial charge in [-0.05, 0) is 24.6 Å². The molecule has 0 unspecified atom stereocenters. The molecule has 24 heavy (non-hydrogen) atoms. The third-order valence-electron chi connectivity index (χ3n) is 3.70. The number of alkyl halides is 2. The Morgan fingerprint density at radius 2 is 1.92 bits per heavy atom. The molecule has 1 aliphatic heterocycles. The fourth-order valence-electron chi connectivity index (χ4n) is 2.37.